The molecule has 50 heavy (non-hydrogen) atoms. The van der Waals surface area contributed by atoms with Gasteiger partial charge >= 0.3 is 12.2 Å². The molecule has 2 aliphatic rings. The van der Waals surface area contributed by atoms with Crippen molar-refractivity contribution in [2.24, 2.45) is 0 Å². The van der Waals surface area contributed by atoms with Gasteiger partial charge < -0.3 is 28.4 Å². The van der Waals surface area contributed by atoms with Crippen molar-refractivity contribution in [1.82, 2.24) is 9.80 Å². The van der Waals surface area contributed by atoms with Crippen LogP contribution in [0.2, 0.25) is 0 Å². The van der Waals surface area contributed by atoms with Gasteiger partial charge in [0.15, 0.2) is 0 Å². The first-order valence-electron chi connectivity index (χ1n) is 16.4. The first kappa shape index (κ1) is 39.1. The highest BCUT2D eigenvalue weighted by atomic mass is 16.6. The second-order valence-corrected chi connectivity index (χ2v) is 13.4. The van der Waals surface area contributed by atoms with Crippen molar-refractivity contribution in [3.8, 4) is 23.6 Å². The number of carbonyl (C=O) groups excluding carboxylic acids is 2. The van der Waals surface area contributed by atoms with Crippen LogP contribution in [0.4, 0.5) is 9.59 Å². The topological polar surface area (TPSA) is 144 Å². The van der Waals surface area contributed by atoms with Crippen LogP contribution in [0.15, 0.2) is 61.1 Å². The fraction of sp³-hybridized carbons (Fsp3) is 0.474. The van der Waals surface area contributed by atoms with E-state index in [2.05, 4.69) is 12.1 Å². The molecule has 0 saturated carbocycles. The van der Waals surface area contributed by atoms with Crippen LogP contribution in [0.1, 0.15) is 88.7 Å². The molecule has 0 radical (unpaired) electrons. The van der Waals surface area contributed by atoms with Gasteiger partial charge in [0.1, 0.15) is 48.1 Å². The minimum Gasteiger partial charge on any atom is -0.505 e. The van der Waals surface area contributed by atoms with Crippen LogP contribution in [0.3, 0.4) is 0 Å². The summed E-state index contributed by atoms with van der Waals surface area (Å²) in [5, 5.41) is 18.7. The number of nitrogens with zero attached hydrogens (tertiary/aromatic N) is 4. The Morgan fingerprint density at radius 1 is 0.740 bits per heavy atom. The summed E-state index contributed by atoms with van der Waals surface area (Å²) in [4.78, 5) is 28.7. The maximum Gasteiger partial charge on any atom is 0.410 e. The maximum absolute atomic E-state index is 12.7. The van der Waals surface area contributed by atoms with Gasteiger partial charge in [-0.1, -0.05) is 24.3 Å². The molecule has 0 aromatic heterocycles. The van der Waals surface area contributed by atoms with E-state index >= 15 is 0 Å². The quantitative estimate of drug-likeness (QED) is 0.279. The number of hydrogen-bond acceptors (Lipinski definition) is 10. The van der Waals surface area contributed by atoms with Crippen molar-refractivity contribution in [3.63, 3.8) is 0 Å². The average Bonchev–Trinajstić information content (AvgIpc) is 3.36. The van der Waals surface area contributed by atoms with E-state index < -0.39 is 23.4 Å². The molecule has 0 N–H and O–H groups in total. The molecule has 2 aliphatic heterocycles. The smallest absolute Gasteiger partial charge is 0.410 e. The number of carbonyl (C=O) groups is 2. The van der Waals surface area contributed by atoms with E-state index in [-0.39, 0.29) is 12.1 Å². The van der Waals surface area contributed by atoms with Gasteiger partial charge in [-0.15, -0.1) is 0 Å². The van der Waals surface area contributed by atoms with E-state index in [1.54, 1.807) is 60.8 Å². The highest BCUT2D eigenvalue weighted by molar-refractivity contribution is 5.70. The third kappa shape index (κ3) is 10.8. The van der Waals surface area contributed by atoms with Crippen molar-refractivity contribution in [2.75, 3.05) is 40.5 Å². The average molecular weight is 689 g/mol. The molecule has 268 valence electrons. The summed E-state index contributed by atoms with van der Waals surface area (Å²) in [6.07, 6.45) is 7.09. The normalized spacial score (nSPS) is 17.2. The first-order valence-corrected chi connectivity index (χ1v) is 16.4. The number of methoxy groups -OCH3 is 2. The minimum absolute atomic E-state index is 0.299. The van der Waals surface area contributed by atoms with Gasteiger partial charge in [0.05, 0.1) is 63.0 Å². The van der Waals surface area contributed by atoms with E-state index in [4.69, 9.17) is 28.4 Å². The molecule has 2 aromatic carbocycles. The van der Waals surface area contributed by atoms with Crippen LogP contribution in [-0.4, -0.2) is 73.7 Å². The van der Waals surface area contributed by atoms with Crippen molar-refractivity contribution >= 4 is 12.2 Å². The molecular weight excluding hydrogens is 640 g/mol. The van der Waals surface area contributed by atoms with Crippen molar-refractivity contribution in [1.29, 1.82) is 10.5 Å². The predicted octanol–water partition coefficient (Wildman–Crippen LogP) is 7.56. The largest absolute Gasteiger partial charge is 0.505 e. The lowest BCUT2D eigenvalue weighted by molar-refractivity contribution is 0.0143. The maximum atomic E-state index is 12.7. The Hall–Kier alpha value is -5.36. The molecule has 12 nitrogen and oxygen atoms in total. The number of para-hydroxylation sites is 2. The zero-order valence-corrected chi connectivity index (χ0v) is 30.2. The van der Waals surface area contributed by atoms with Gasteiger partial charge in [0, 0.05) is 11.1 Å². The number of benzene rings is 2. The number of fused-ring (bicyclic) bond motifs is 2. The molecule has 2 aromatic rings. The summed E-state index contributed by atoms with van der Waals surface area (Å²) < 4.78 is 32.6. The summed E-state index contributed by atoms with van der Waals surface area (Å²) >= 11 is 0. The van der Waals surface area contributed by atoms with E-state index in [0.29, 0.717) is 61.8 Å². The fourth-order valence-electron chi connectivity index (χ4n) is 5.42. The predicted molar refractivity (Wildman–Crippen MR) is 186 cm³/mol. The van der Waals surface area contributed by atoms with Crippen molar-refractivity contribution in [3.05, 3.63) is 83.3 Å². The molecule has 0 saturated heterocycles. The standard InChI is InChI=1S/2C19H24N2O4/c2*1-19(2,3)25-18(22)21-10-12-24-17-14(13-20)7-5-8-15(17)16(21)9-6-11-23-4/h2*5-8,11,16H,9-10,12H2,1-4H3/b11-6+;11-6-. The summed E-state index contributed by atoms with van der Waals surface area (Å²) in [5.74, 6) is 1.07. The van der Waals surface area contributed by atoms with Crippen LogP contribution in [-0.2, 0) is 18.9 Å². The van der Waals surface area contributed by atoms with Gasteiger partial charge in [-0.25, -0.2) is 9.59 Å². The molecule has 2 atom stereocenters. The highest BCUT2D eigenvalue weighted by Gasteiger charge is 2.35. The Balaban J connectivity index is 0.000000270. The zero-order valence-electron chi connectivity index (χ0n) is 30.2. The van der Waals surface area contributed by atoms with Crippen LogP contribution in [0, 0.1) is 22.7 Å². The lowest BCUT2D eigenvalue weighted by Gasteiger charge is -2.31. The molecule has 2 amide bonds. The number of amides is 2. The Morgan fingerprint density at radius 3 is 1.44 bits per heavy atom. The zero-order chi connectivity index (χ0) is 36.9. The van der Waals surface area contributed by atoms with Gasteiger partial charge in [-0.05, 0) is 78.7 Å². The number of hydrogen-bond donors (Lipinski definition) is 0. The Labute approximate surface area is 295 Å². The van der Waals surface area contributed by atoms with Gasteiger partial charge in [0.2, 0.25) is 0 Å². The highest BCUT2D eigenvalue weighted by Crippen LogP contribution is 2.39. The van der Waals surface area contributed by atoms with Gasteiger partial charge in [-0.2, -0.15) is 10.5 Å². The Bertz CT molecular complexity index is 1490. The van der Waals surface area contributed by atoms with Gasteiger partial charge in [-0.3, -0.25) is 9.80 Å². The SMILES string of the molecule is CO/C=C/CC1c2cccc(C#N)c2OCCN1C(=O)OC(C)(C)C.CO/C=C\CC1c2cccc(C#N)c2OCCN1C(=O)OC(C)(C)C. The van der Waals surface area contributed by atoms with Gasteiger partial charge in [0.25, 0.3) is 0 Å². The second kappa shape index (κ2) is 17.9. The van der Waals surface area contributed by atoms with Crippen LogP contribution in [0.5, 0.6) is 11.5 Å². The second-order valence-electron chi connectivity index (χ2n) is 13.4. The van der Waals surface area contributed by atoms with E-state index in [9.17, 15) is 20.1 Å². The van der Waals surface area contributed by atoms with Crippen molar-refractivity contribution < 1.29 is 38.0 Å². The van der Waals surface area contributed by atoms with E-state index in [1.807, 2.05) is 65.8 Å². The molecule has 0 fully saturated rings. The van der Waals surface area contributed by atoms with Crippen LogP contribution in [0.25, 0.3) is 0 Å². The summed E-state index contributed by atoms with van der Waals surface area (Å²) in [5.41, 5.74) is 1.34. The molecule has 2 heterocycles. The fourth-order valence-corrected chi connectivity index (χ4v) is 5.42. The monoisotopic (exact) mass is 688 g/mol. The lowest BCUT2D eigenvalue weighted by Crippen LogP contribution is -2.40. The van der Waals surface area contributed by atoms with E-state index in [0.717, 1.165) is 11.1 Å². The Morgan fingerprint density at radius 2 is 1.12 bits per heavy atom. The molecule has 0 spiro atoms. The Kier molecular flexibility index (Phi) is 14.0. The van der Waals surface area contributed by atoms with E-state index in [1.165, 1.54) is 0 Å². The molecule has 0 aliphatic carbocycles. The first-order chi connectivity index (χ1) is 23.7. The van der Waals surface area contributed by atoms with Crippen LogP contribution >= 0.6 is 0 Å². The molecule has 4 rings (SSSR count). The summed E-state index contributed by atoms with van der Waals surface area (Å²) in [7, 11) is 3.14. The number of nitriles is 2. The number of ether oxygens (including phenoxy) is 6. The molecule has 2 unspecified atom stereocenters. The molecule has 0 bridgehead atoms. The lowest BCUT2D eigenvalue weighted by atomic mass is 9.99. The molecular formula is C38H48N4O8. The van der Waals surface area contributed by atoms with Crippen molar-refractivity contribution in [2.45, 2.75) is 77.7 Å². The molecule has 12 heteroatoms. The number of rotatable bonds is 6. The minimum atomic E-state index is -0.589. The third-order valence-corrected chi connectivity index (χ3v) is 7.40. The third-order valence-electron chi connectivity index (χ3n) is 7.40. The summed E-state index contributed by atoms with van der Waals surface area (Å²) in [6, 6.07) is 14.5. The van der Waals surface area contributed by atoms with Crippen LogP contribution < -0.4 is 9.47 Å². The summed E-state index contributed by atoms with van der Waals surface area (Å²) in [6.45, 7) is 12.4.